The number of fused-ring (bicyclic) bond motifs is 1. The summed E-state index contributed by atoms with van der Waals surface area (Å²) >= 11 is 1.78. The standard InChI is InChI=1S/C23H31N5OS/c1-15-18(16(2)25-23-22(15)17(3)26-27(23)4)9-10-21(29)24-14-19(20-8-7-13-30-20)28-11-5-6-12-28/h7-8,13,19H,5-6,9-12,14H2,1-4H3,(H,24,29). The van der Waals surface area contributed by atoms with Crippen molar-refractivity contribution < 1.29 is 4.79 Å². The Morgan fingerprint density at radius 2 is 2.00 bits per heavy atom. The summed E-state index contributed by atoms with van der Waals surface area (Å²) in [7, 11) is 1.93. The number of nitrogens with zero attached hydrogens (tertiary/aromatic N) is 4. The first kappa shape index (κ1) is 21.0. The highest BCUT2D eigenvalue weighted by atomic mass is 32.1. The van der Waals surface area contributed by atoms with E-state index in [2.05, 4.69) is 39.8 Å². The number of carbonyl (C=O) groups excluding carboxylic acids is 1. The molecular formula is C23H31N5OS. The number of aromatic nitrogens is 3. The zero-order chi connectivity index (χ0) is 21.3. The molecule has 4 heterocycles. The zero-order valence-electron chi connectivity index (χ0n) is 18.4. The van der Waals surface area contributed by atoms with Crippen LogP contribution in [0.15, 0.2) is 17.5 Å². The van der Waals surface area contributed by atoms with Crippen molar-refractivity contribution in [2.45, 2.75) is 52.5 Å². The van der Waals surface area contributed by atoms with E-state index in [1.807, 2.05) is 25.6 Å². The molecular weight excluding hydrogens is 394 g/mol. The first-order valence-electron chi connectivity index (χ1n) is 10.8. The van der Waals surface area contributed by atoms with E-state index in [0.29, 0.717) is 19.4 Å². The van der Waals surface area contributed by atoms with Gasteiger partial charge in [-0.3, -0.25) is 14.4 Å². The molecule has 1 fully saturated rings. The molecule has 1 amide bonds. The van der Waals surface area contributed by atoms with Crippen LogP contribution in [0.5, 0.6) is 0 Å². The average Bonchev–Trinajstić information content (AvgIpc) is 3.45. The van der Waals surface area contributed by atoms with Crippen LogP contribution in [-0.2, 0) is 18.3 Å². The molecule has 1 N–H and O–H groups in total. The molecule has 3 aromatic heterocycles. The summed E-state index contributed by atoms with van der Waals surface area (Å²) in [6.07, 6.45) is 3.68. The molecule has 7 heteroatoms. The van der Waals surface area contributed by atoms with Gasteiger partial charge in [-0.1, -0.05) is 6.07 Å². The van der Waals surface area contributed by atoms with Crippen molar-refractivity contribution in [1.82, 2.24) is 25.0 Å². The highest BCUT2D eigenvalue weighted by Crippen LogP contribution is 2.28. The monoisotopic (exact) mass is 425 g/mol. The third-order valence-corrected chi connectivity index (χ3v) is 7.25. The van der Waals surface area contributed by atoms with Crippen molar-refractivity contribution in [2.24, 2.45) is 7.05 Å². The lowest BCUT2D eigenvalue weighted by Gasteiger charge is -2.27. The van der Waals surface area contributed by atoms with E-state index < -0.39 is 0 Å². The predicted molar refractivity (Wildman–Crippen MR) is 122 cm³/mol. The minimum absolute atomic E-state index is 0.109. The van der Waals surface area contributed by atoms with Gasteiger partial charge in [-0.05, 0) is 75.7 Å². The van der Waals surface area contributed by atoms with Crippen LogP contribution in [0, 0.1) is 20.8 Å². The molecule has 0 aromatic carbocycles. The molecule has 0 saturated carbocycles. The third kappa shape index (κ3) is 4.14. The predicted octanol–water partition coefficient (Wildman–Crippen LogP) is 3.84. The molecule has 4 rings (SSSR count). The van der Waals surface area contributed by atoms with Gasteiger partial charge in [-0.15, -0.1) is 11.3 Å². The first-order chi connectivity index (χ1) is 14.5. The minimum atomic E-state index is 0.109. The number of pyridine rings is 1. The second kappa shape index (κ2) is 8.86. The number of hydrogen-bond donors (Lipinski definition) is 1. The van der Waals surface area contributed by atoms with E-state index in [1.165, 1.54) is 28.8 Å². The highest BCUT2D eigenvalue weighted by molar-refractivity contribution is 7.10. The fraction of sp³-hybridized carbons (Fsp3) is 0.522. The molecule has 0 spiro atoms. The summed E-state index contributed by atoms with van der Waals surface area (Å²) in [5.74, 6) is 0.109. The Labute approximate surface area is 182 Å². The lowest BCUT2D eigenvalue weighted by molar-refractivity contribution is -0.121. The summed E-state index contributed by atoms with van der Waals surface area (Å²) in [5, 5.41) is 10.9. The van der Waals surface area contributed by atoms with Gasteiger partial charge < -0.3 is 5.32 Å². The smallest absolute Gasteiger partial charge is 0.220 e. The maximum absolute atomic E-state index is 12.7. The number of aryl methyl sites for hydroxylation is 4. The van der Waals surface area contributed by atoms with Crippen LogP contribution in [0.1, 0.15) is 52.7 Å². The van der Waals surface area contributed by atoms with Crippen molar-refractivity contribution in [2.75, 3.05) is 19.6 Å². The van der Waals surface area contributed by atoms with E-state index in [0.717, 1.165) is 35.5 Å². The van der Waals surface area contributed by atoms with E-state index >= 15 is 0 Å². The van der Waals surface area contributed by atoms with Gasteiger partial charge in [0.2, 0.25) is 5.91 Å². The molecule has 1 unspecified atom stereocenters. The maximum atomic E-state index is 12.7. The quantitative estimate of drug-likeness (QED) is 0.625. The highest BCUT2D eigenvalue weighted by Gasteiger charge is 2.24. The molecule has 1 aliphatic rings. The molecule has 1 aliphatic heterocycles. The van der Waals surface area contributed by atoms with Crippen molar-refractivity contribution in [3.8, 4) is 0 Å². The number of likely N-dealkylation sites (tertiary alicyclic amines) is 1. The second-order valence-corrected chi connectivity index (χ2v) is 9.27. The van der Waals surface area contributed by atoms with E-state index in [-0.39, 0.29) is 11.9 Å². The normalized spacial score (nSPS) is 15.7. The Morgan fingerprint density at radius 1 is 1.23 bits per heavy atom. The summed E-state index contributed by atoms with van der Waals surface area (Å²) in [4.78, 5) is 21.3. The summed E-state index contributed by atoms with van der Waals surface area (Å²) in [6.45, 7) is 9.09. The Kier molecular flexibility index (Phi) is 6.20. The molecule has 6 nitrogen and oxygen atoms in total. The van der Waals surface area contributed by atoms with E-state index in [4.69, 9.17) is 4.98 Å². The van der Waals surface area contributed by atoms with Gasteiger partial charge in [0.25, 0.3) is 0 Å². The lowest BCUT2D eigenvalue weighted by atomic mass is 9.99. The van der Waals surface area contributed by atoms with E-state index in [1.54, 1.807) is 11.3 Å². The summed E-state index contributed by atoms with van der Waals surface area (Å²) in [5.41, 5.74) is 5.27. The van der Waals surface area contributed by atoms with Gasteiger partial charge in [-0.2, -0.15) is 5.10 Å². The van der Waals surface area contributed by atoms with Gasteiger partial charge in [0.1, 0.15) is 0 Å². The van der Waals surface area contributed by atoms with Crippen molar-refractivity contribution in [3.63, 3.8) is 0 Å². The van der Waals surface area contributed by atoms with Gasteiger partial charge in [0.05, 0.1) is 11.7 Å². The fourth-order valence-electron chi connectivity index (χ4n) is 4.71. The van der Waals surface area contributed by atoms with Crippen LogP contribution in [0.4, 0.5) is 0 Å². The lowest BCUT2D eigenvalue weighted by Crippen LogP contribution is -2.36. The summed E-state index contributed by atoms with van der Waals surface area (Å²) in [6, 6.07) is 4.57. The Bertz CT molecular complexity index is 1030. The van der Waals surface area contributed by atoms with Crippen molar-refractivity contribution in [1.29, 1.82) is 0 Å². The number of nitrogens with one attached hydrogen (secondary N) is 1. The molecule has 0 radical (unpaired) electrons. The Morgan fingerprint density at radius 3 is 2.70 bits per heavy atom. The molecule has 3 aromatic rings. The summed E-state index contributed by atoms with van der Waals surface area (Å²) < 4.78 is 1.84. The SMILES string of the molecule is Cc1nc2c(c(C)nn2C)c(C)c1CCC(=O)NCC(c1cccs1)N1CCCC1. The molecule has 160 valence electrons. The first-order valence-corrected chi connectivity index (χ1v) is 11.7. The van der Waals surface area contributed by atoms with Crippen LogP contribution in [-0.4, -0.2) is 45.2 Å². The second-order valence-electron chi connectivity index (χ2n) is 8.29. The zero-order valence-corrected chi connectivity index (χ0v) is 19.2. The molecule has 30 heavy (non-hydrogen) atoms. The van der Waals surface area contributed by atoms with Crippen molar-refractivity contribution >= 4 is 28.3 Å². The topological polar surface area (TPSA) is 63.1 Å². The van der Waals surface area contributed by atoms with Crippen LogP contribution in [0.2, 0.25) is 0 Å². The van der Waals surface area contributed by atoms with Crippen LogP contribution in [0.3, 0.4) is 0 Å². The number of amides is 1. The van der Waals surface area contributed by atoms with Crippen LogP contribution >= 0.6 is 11.3 Å². The minimum Gasteiger partial charge on any atom is -0.354 e. The number of carbonyl (C=O) groups is 1. The van der Waals surface area contributed by atoms with Crippen molar-refractivity contribution in [3.05, 3.63) is 44.9 Å². The van der Waals surface area contributed by atoms with Gasteiger partial charge >= 0.3 is 0 Å². The van der Waals surface area contributed by atoms with E-state index in [9.17, 15) is 4.79 Å². The Hall–Kier alpha value is -2.25. The third-order valence-electron chi connectivity index (χ3n) is 6.28. The molecule has 0 aliphatic carbocycles. The number of thiophene rings is 1. The fourth-order valence-corrected chi connectivity index (χ4v) is 5.57. The maximum Gasteiger partial charge on any atom is 0.220 e. The van der Waals surface area contributed by atoms with Gasteiger partial charge in [-0.25, -0.2) is 4.98 Å². The van der Waals surface area contributed by atoms with Crippen LogP contribution < -0.4 is 5.32 Å². The Balaban J connectivity index is 1.42. The molecule has 0 bridgehead atoms. The largest absolute Gasteiger partial charge is 0.354 e. The molecule has 1 atom stereocenters. The number of hydrogen-bond acceptors (Lipinski definition) is 5. The average molecular weight is 426 g/mol. The van der Waals surface area contributed by atoms with Gasteiger partial charge in [0, 0.05) is 36.0 Å². The van der Waals surface area contributed by atoms with Gasteiger partial charge in [0.15, 0.2) is 5.65 Å². The molecule has 1 saturated heterocycles. The number of rotatable bonds is 7. The van der Waals surface area contributed by atoms with Crippen LogP contribution in [0.25, 0.3) is 11.0 Å².